The Hall–Kier alpha value is -1.88. The Kier molecular flexibility index (Phi) is 4.74. The van der Waals surface area contributed by atoms with Crippen molar-refractivity contribution in [3.63, 3.8) is 0 Å². The zero-order chi connectivity index (χ0) is 14.5. The Bertz CT molecular complexity index is 631. The second kappa shape index (κ2) is 6.52. The number of benzene rings is 2. The molecule has 0 spiro atoms. The number of halogens is 2. The fourth-order valence-corrected chi connectivity index (χ4v) is 2.19. The van der Waals surface area contributed by atoms with Gasteiger partial charge in [0.1, 0.15) is 5.82 Å². The molecular weight excluding hydrogens is 323 g/mol. The average molecular weight is 337 g/mol. The molecule has 2 rings (SSSR count). The first-order valence-electron chi connectivity index (χ1n) is 6.10. The summed E-state index contributed by atoms with van der Waals surface area (Å²) in [5.74, 6) is -0.359. The van der Waals surface area contributed by atoms with E-state index in [0.29, 0.717) is 16.7 Å². The van der Waals surface area contributed by atoms with Crippen LogP contribution in [-0.4, -0.2) is 6.03 Å². The summed E-state index contributed by atoms with van der Waals surface area (Å²) in [6.45, 7) is 2.43. The van der Waals surface area contributed by atoms with E-state index >= 15 is 0 Å². The lowest BCUT2D eigenvalue weighted by atomic mass is 10.1. The molecule has 0 radical (unpaired) electrons. The number of anilines is 1. The van der Waals surface area contributed by atoms with E-state index in [1.807, 2.05) is 31.2 Å². The second-order valence-electron chi connectivity index (χ2n) is 4.36. The molecule has 0 aromatic heterocycles. The smallest absolute Gasteiger partial charge is 0.319 e. The molecule has 0 unspecified atom stereocenters. The first-order valence-corrected chi connectivity index (χ1v) is 6.90. The maximum absolute atomic E-state index is 12.9. The van der Waals surface area contributed by atoms with Gasteiger partial charge in [-0.25, -0.2) is 9.18 Å². The molecule has 0 fully saturated rings. The van der Waals surface area contributed by atoms with Crippen LogP contribution in [0.1, 0.15) is 11.1 Å². The Morgan fingerprint density at radius 2 is 2.00 bits per heavy atom. The average Bonchev–Trinajstić information content (AvgIpc) is 2.41. The van der Waals surface area contributed by atoms with Crippen LogP contribution in [0.3, 0.4) is 0 Å². The zero-order valence-corrected chi connectivity index (χ0v) is 12.5. The molecule has 3 nitrogen and oxygen atoms in total. The van der Waals surface area contributed by atoms with Gasteiger partial charge in [0.05, 0.1) is 5.69 Å². The van der Waals surface area contributed by atoms with Gasteiger partial charge in [0.15, 0.2) is 0 Å². The second-order valence-corrected chi connectivity index (χ2v) is 5.21. The quantitative estimate of drug-likeness (QED) is 0.865. The predicted octanol–water partition coefficient (Wildman–Crippen LogP) is 4.22. The van der Waals surface area contributed by atoms with Crippen molar-refractivity contribution in [1.29, 1.82) is 0 Å². The van der Waals surface area contributed by atoms with Gasteiger partial charge in [-0.1, -0.05) is 24.3 Å². The van der Waals surface area contributed by atoms with Crippen LogP contribution in [-0.2, 0) is 6.54 Å². The Morgan fingerprint density at radius 3 is 2.70 bits per heavy atom. The van der Waals surface area contributed by atoms with Crippen LogP contribution < -0.4 is 10.6 Å². The maximum atomic E-state index is 12.9. The van der Waals surface area contributed by atoms with Gasteiger partial charge < -0.3 is 10.6 Å². The van der Waals surface area contributed by atoms with Crippen molar-refractivity contribution in [3.05, 3.63) is 63.9 Å². The molecule has 0 bridgehead atoms. The van der Waals surface area contributed by atoms with Gasteiger partial charge in [-0.15, -0.1) is 0 Å². The molecular formula is C15H14BrFN2O. The van der Waals surface area contributed by atoms with Crippen LogP contribution in [0.2, 0.25) is 0 Å². The number of amides is 2. The number of rotatable bonds is 3. The molecule has 20 heavy (non-hydrogen) atoms. The monoisotopic (exact) mass is 336 g/mol. The van der Waals surface area contributed by atoms with Crippen molar-refractivity contribution in [2.24, 2.45) is 0 Å². The number of carbonyl (C=O) groups excluding carboxylic acids is 1. The van der Waals surface area contributed by atoms with E-state index in [0.717, 1.165) is 11.1 Å². The Morgan fingerprint density at radius 1 is 1.25 bits per heavy atom. The molecule has 2 N–H and O–H groups in total. The summed E-state index contributed by atoms with van der Waals surface area (Å²) in [5.41, 5.74) is 2.70. The van der Waals surface area contributed by atoms with E-state index in [1.165, 1.54) is 18.2 Å². The third-order valence-electron chi connectivity index (χ3n) is 2.88. The third-order valence-corrected chi connectivity index (χ3v) is 3.54. The topological polar surface area (TPSA) is 41.1 Å². The SMILES string of the molecule is Cc1ccccc1CNC(=O)Nc1ccc(F)cc1Br. The highest BCUT2D eigenvalue weighted by atomic mass is 79.9. The number of aryl methyl sites for hydroxylation is 1. The number of hydrogen-bond donors (Lipinski definition) is 2. The summed E-state index contributed by atoms with van der Waals surface area (Å²) in [4.78, 5) is 11.8. The standard InChI is InChI=1S/C15H14BrFN2O/c1-10-4-2-3-5-11(10)9-18-15(20)19-14-7-6-12(17)8-13(14)16/h2-8H,9H2,1H3,(H2,18,19,20). The Balaban J connectivity index is 1.94. The lowest BCUT2D eigenvalue weighted by molar-refractivity contribution is 0.251. The minimum Gasteiger partial charge on any atom is -0.334 e. The summed E-state index contributed by atoms with van der Waals surface area (Å²) < 4.78 is 13.4. The molecule has 0 aliphatic heterocycles. The van der Waals surface area contributed by atoms with Crippen LogP contribution in [0.15, 0.2) is 46.9 Å². The van der Waals surface area contributed by atoms with Gasteiger partial charge in [-0.2, -0.15) is 0 Å². The first kappa shape index (κ1) is 14.5. The van der Waals surface area contributed by atoms with Crippen molar-refractivity contribution in [3.8, 4) is 0 Å². The number of hydrogen-bond acceptors (Lipinski definition) is 1. The fourth-order valence-electron chi connectivity index (χ4n) is 1.74. The molecule has 2 amide bonds. The van der Waals surface area contributed by atoms with E-state index in [4.69, 9.17) is 0 Å². The van der Waals surface area contributed by atoms with E-state index in [9.17, 15) is 9.18 Å². The van der Waals surface area contributed by atoms with Gasteiger partial charge in [0.25, 0.3) is 0 Å². The molecule has 0 aliphatic rings. The molecule has 5 heteroatoms. The molecule has 2 aromatic rings. The molecule has 0 aliphatic carbocycles. The van der Waals surface area contributed by atoms with Gasteiger partial charge in [0, 0.05) is 11.0 Å². The van der Waals surface area contributed by atoms with Crippen molar-refractivity contribution < 1.29 is 9.18 Å². The molecule has 104 valence electrons. The minimum absolute atomic E-state index is 0.333. The predicted molar refractivity (Wildman–Crippen MR) is 81.1 cm³/mol. The number of urea groups is 1. The highest BCUT2D eigenvalue weighted by molar-refractivity contribution is 9.10. The highest BCUT2D eigenvalue weighted by Crippen LogP contribution is 2.22. The van der Waals surface area contributed by atoms with E-state index < -0.39 is 0 Å². The van der Waals surface area contributed by atoms with E-state index in [2.05, 4.69) is 26.6 Å². The van der Waals surface area contributed by atoms with Crippen molar-refractivity contribution in [2.75, 3.05) is 5.32 Å². The van der Waals surface area contributed by atoms with Crippen molar-refractivity contribution in [1.82, 2.24) is 5.32 Å². The molecule has 0 saturated heterocycles. The van der Waals surface area contributed by atoms with E-state index in [-0.39, 0.29) is 11.8 Å². The summed E-state index contributed by atoms with van der Waals surface area (Å²) in [5, 5.41) is 5.43. The number of nitrogens with one attached hydrogen (secondary N) is 2. The maximum Gasteiger partial charge on any atom is 0.319 e. The third kappa shape index (κ3) is 3.81. The summed E-state index contributed by atoms with van der Waals surface area (Å²) in [6, 6.07) is 11.6. The van der Waals surface area contributed by atoms with Crippen LogP contribution in [0.5, 0.6) is 0 Å². The molecule has 0 saturated carbocycles. The zero-order valence-electron chi connectivity index (χ0n) is 10.9. The molecule has 0 heterocycles. The number of carbonyl (C=O) groups is 1. The lowest BCUT2D eigenvalue weighted by Crippen LogP contribution is -2.28. The summed E-state index contributed by atoms with van der Waals surface area (Å²) in [6.07, 6.45) is 0. The summed E-state index contributed by atoms with van der Waals surface area (Å²) in [7, 11) is 0. The minimum atomic E-state index is -0.359. The van der Waals surface area contributed by atoms with Gasteiger partial charge in [0.2, 0.25) is 0 Å². The van der Waals surface area contributed by atoms with Gasteiger partial charge in [-0.3, -0.25) is 0 Å². The lowest BCUT2D eigenvalue weighted by Gasteiger charge is -2.10. The normalized spacial score (nSPS) is 10.2. The van der Waals surface area contributed by atoms with Gasteiger partial charge >= 0.3 is 6.03 Å². The first-order chi connectivity index (χ1) is 9.56. The largest absolute Gasteiger partial charge is 0.334 e. The highest BCUT2D eigenvalue weighted by Gasteiger charge is 2.06. The Labute approximate surface area is 125 Å². The molecule has 2 aromatic carbocycles. The summed E-state index contributed by atoms with van der Waals surface area (Å²) >= 11 is 3.20. The molecule has 0 atom stereocenters. The van der Waals surface area contributed by atoms with Gasteiger partial charge in [-0.05, 0) is 52.2 Å². The van der Waals surface area contributed by atoms with Crippen LogP contribution >= 0.6 is 15.9 Å². The fraction of sp³-hybridized carbons (Fsp3) is 0.133. The van der Waals surface area contributed by atoms with E-state index in [1.54, 1.807) is 0 Å². The van der Waals surface area contributed by atoms with Crippen LogP contribution in [0.25, 0.3) is 0 Å². The van der Waals surface area contributed by atoms with Crippen LogP contribution in [0, 0.1) is 12.7 Å². The van der Waals surface area contributed by atoms with Crippen molar-refractivity contribution >= 4 is 27.6 Å². The van der Waals surface area contributed by atoms with Crippen molar-refractivity contribution in [2.45, 2.75) is 13.5 Å². The van der Waals surface area contributed by atoms with Crippen LogP contribution in [0.4, 0.5) is 14.9 Å².